The van der Waals surface area contributed by atoms with Crippen molar-refractivity contribution >= 4 is 5.69 Å². The molecule has 8 nitrogen and oxygen atoms in total. The lowest BCUT2D eigenvalue weighted by molar-refractivity contribution is 0.162. The van der Waals surface area contributed by atoms with Gasteiger partial charge in [-0.25, -0.2) is 4.68 Å². The van der Waals surface area contributed by atoms with Gasteiger partial charge >= 0.3 is 0 Å². The van der Waals surface area contributed by atoms with Gasteiger partial charge in [0.2, 0.25) is 0 Å². The maximum atomic E-state index is 5.46. The van der Waals surface area contributed by atoms with Gasteiger partial charge in [-0.3, -0.25) is 4.90 Å². The van der Waals surface area contributed by atoms with Crippen molar-refractivity contribution in [3.8, 4) is 11.5 Å². The molecule has 1 aromatic heterocycles. The molecule has 0 aliphatic carbocycles. The van der Waals surface area contributed by atoms with Crippen LogP contribution in [0.5, 0.6) is 11.5 Å². The highest BCUT2D eigenvalue weighted by Crippen LogP contribution is 2.29. The lowest BCUT2D eigenvalue weighted by Gasteiger charge is -2.39. The number of hydrogen-bond acceptors (Lipinski definition) is 7. The maximum absolute atomic E-state index is 5.46. The van der Waals surface area contributed by atoms with Crippen LogP contribution >= 0.6 is 0 Å². The van der Waals surface area contributed by atoms with Crippen molar-refractivity contribution in [1.29, 1.82) is 0 Å². The molecule has 0 radical (unpaired) electrons. The summed E-state index contributed by atoms with van der Waals surface area (Å²) in [6.45, 7) is 7.01. The highest BCUT2D eigenvalue weighted by molar-refractivity contribution is 5.46. The zero-order chi connectivity index (χ0) is 23.8. The lowest BCUT2D eigenvalue weighted by Crippen LogP contribution is -2.48. The van der Waals surface area contributed by atoms with Gasteiger partial charge in [-0.15, -0.1) is 5.10 Å². The average Bonchev–Trinajstić information content (AvgIpc) is 3.36. The molecule has 1 saturated heterocycles. The summed E-state index contributed by atoms with van der Waals surface area (Å²) >= 11 is 0. The van der Waals surface area contributed by atoms with E-state index in [9.17, 15) is 0 Å². The molecule has 2 heterocycles. The Kier molecular flexibility index (Phi) is 8.36. The predicted molar refractivity (Wildman–Crippen MR) is 134 cm³/mol. The summed E-state index contributed by atoms with van der Waals surface area (Å²) in [4.78, 5) is 5.03. The molecule has 1 unspecified atom stereocenters. The number of ether oxygens (including phenoxy) is 2. The number of benzene rings is 2. The molecule has 0 saturated carbocycles. The molecule has 182 valence electrons. The van der Waals surface area contributed by atoms with Crippen LogP contribution in [-0.2, 0) is 13.0 Å². The number of anilines is 1. The first-order chi connectivity index (χ1) is 16.7. The Balaban J connectivity index is 1.44. The summed E-state index contributed by atoms with van der Waals surface area (Å²) in [5.74, 6) is 2.46. The van der Waals surface area contributed by atoms with Crippen LogP contribution in [0, 0.1) is 0 Å². The Hall–Kier alpha value is -3.13. The monoisotopic (exact) mass is 464 g/mol. The molecular weight excluding hydrogens is 428 g/mol. The van der Waals surface area contributed by atoms with Crippen LogP contribution in [-0.4, -0.2) is 65.5 Å². The predicted octanol–water partition coefficient (Wildman–Crippen LogP) is 3.99. The van der Waals surface area contributed by atoms with Crippen LogP contribution in [0.3, 0.4) is 0 Å². The maximum Gasteiger partial charge on any atom is 0.168 e. The SMILES string of the molecule is CCCCC(c1nnnn1CCc1ccc(OC)c(OC)c1)N1CCN(c2ccccc2)CC1. The Morgan fingerprint density at radius 3 is 2.41 bits per heavy atom. The van der Waals surface area contributed by atoms with Crippen LogP contribution in [0.2, 0.25) is 0 Å². The third-order valence-electron chi connectivity index (χ3n) is 6.63. The molecule has 1 aliphatic rings. The molecule has 1 fully saturated rings. The normalized spacial score (nSPS) is 15.3. The zero-order valence-corrected chi connectivity index (χ0v) is 20.6. The minimum absolute atomic E-state index is 0.235. The molecule has 0 spiro atoms. The second kappa shape index (κ2) is 11.8. The summed E-state index contributed by atoms with van der Waals surface area (Å²) in [6, 6.07) is 17.0. The van der Waals surface area contributed by atoms with Gasteiger partial charge in [0.05, 0.1) is 20.3 Å². The van der Waals surface area contributed by atoms with Gasteiger partial charge in [-0.05, 0) is 53.1 Å². The van der Waals surface area contributed by atoms with Crippen LogP contribution in [0.15, 0.2) is 48.5 Å². The fourth-order valence-electron chi connectivity index (χ4n) is 4.68. The van der Waals surface area contributed by atoms with Crippen molar-refractivity contribution in [3.63, 3.8) is 0 Å². The van der Waals surface area contributed by atoms with Gasteiger partial charge in [-0.2, -0.15) is 0 Å². The Labute approximate surface area is 202 Å². The highest BCUT2D eigenvalue weighted by atomic mass is 16.5. The van der Waals surface area contributed by atoms with Gasteiger partial charge in [0.25, 0.3) is 0 Å². The van der Waals surface area contributed by atoms with Gasteiger partial charge in [0.1, 0.15) is 0 Å². The second-order valence-corrected chi connectivity index (χ2v) is 8.72. The topological polar surface area (TPSA) is 68.5 Å². The first kappa shape index (κ1) is 24.0. The number of nitrogens with zero attached hydrogens (tertiary/aromatic N) is 6. The Bertz CT molecular complexity index is 1020. The molecule has 4 rings (SSSR count). The van der Waals surface area contributed by atoms with E-state index >= 15 is 0 Å². The first-order valence-corrected chi connectivity index (χ1v) is 12.2. The summed E-state index contributed by atoms with van der Waals surface area (Å²) in [7, 11) is 3.32. The number of aromatic nitrogens is 4. The highest BCUT2D eigenvalue weighted by Gasteiger charge is 2.28. The molecule has 1 atom stereocenters. The van der Waals surface area contributed by atoms with Crippen LogP contribution < -0.4 is 14.4 Å². The zero-order valence-electron chi connectivity index (χ0n) is 20.6. The average molecular weight is 465 g/mol. The van der Waals surface area contributed by atoms with Crippen molar-refractivity contribution in [2.75, 3.05) is 45.3 Å². The molecule has 1 aliphatic heterocycles. The molecule has 0 N–H and O–H groups in total. The largest absolute Gasteiger partial charge is 0.493 e. The fourth-order valence-corrected chi connectivity index (χ4v) is 4.68. The number of methoxy groups -OCH3 is 2. The van der Waals surface area contributed by atoms with Crippen LogP contribution in [0.1, 0.15) is 43.6 Å². The van der Waals surface area contributed by atoms with Crippen molar-refractivity contribution in [3.05, 3.63) is 59.9 Å². The first-order valence-electron chi connectivity index (χ1n) is 12.2. The van der Waals surface area contributed by atoms with Gasteiger partial charge in [-0.1, -0.05) is 44.0 Å². The van der Waals surface area contributed by atoms with E-state index in [1.54, 1.807) is 14.2 Å². The number of para-hydroxylation sites is 1. The van der Waals surface area contributed by atoms with Crippen molar-refractivity contribution in [2.45, 2.75) is 45.2 Å². The van der Waals surface area contributed by atoms with E-state index in [1.807, 2.05) is 16.8 Å². The van der Waals surface area contributed by atoms with Crippen LogP contribution in [0.4, 0.5) is 5.69 Å². The van der Waals surface area contributed by atoms with Crippen molar-refractivity contribution in [1.82, 2.24) is 25.1 Å². The molecule has 2 aromatic carbocycles. The summed E-state index contributed by atoms with van der Waals surface area (Å²) in [5, 5.41) is 12.9. The van der Waals surface area contributed by atoms with E-state index in [1.165, 1.54) is 11.3 Å². The minimum atomic E-state index is 0.235. The summed E-state index contributed by atoms with van der Waals surface area (Å²) < 4.78 is 12.8. The number of piperazine rings is 1. The van der Waals surface area contributed by atoms with Crippen molar-refractivity contribution in [2.24, 2.45) is 0 Å². The summed E-state index contributed by atoms with van der Waals surface area (Å²) in [6.07, 6.45) is 4.21. The van der Waals surface area contributed by atoms with Crippen molar-refractivity contribution < 1.29 is 9.47 Å². The number of unbranched alkanes of at least 4 members (excludes halogenated alkanes) is 1. The van der Waals surface area contributed by atoms with Crippen LogP contribution in [0.25, 0.3) is 0 Å². The van der Waals surface area contributed by atoms with E-state index in [0.717, 1.165) is 75.7 Å². The second-order valence-electron chi connectivity index (χ2n) is 8.72. The number of rotatable bonds is 11. The molecule has 34 heavy (non-hydrogen) atoms. The lowest BCUT2D eigenvalue weighted by atomic mass is 10.1. The van der Waals surface area contributed by atoms with Gasteiger partial charge < -0.3 is 14.4 Å². The summed E-state index contributed by atoms with van der Waals surface area (Å²) in [5.41, 5.74) is 2.47. The van der Waals surface area contributed by atoms with E-state index in [2.05, 4.69) is 68.6 Å². The Morgan fingerprint density at radius 2 is 1.71 bits per heavy atom. The minimum Gasteiger partial charge on any atom is -0.493 e. The molecular formula is C26H36N6O2. The quantitative estimate of drug-likeness (QED) is 0.425. The molecule has 0 bridgehead atoms. The van der Waals surface area contributed by atoms with E-state index in [-0.39, 0.29) is 6.04 Å². The molecule has 3 aromatic rings. The number of tetrazole rings is 1. The standard InChI is InChI=1S/C26H36N6O2/c1-4-5-11-23(31-18-16-30(17-19-31)22-9-7-6-8-10-22)26-27-28-29-32(26)15-14-21-12-13-24(33-2)25(20-21)34-3/h6-10,12-13,20,23H,4-5,11,14-19H2,1-3H3. The number of aryl methyl sites for hydroxylation is 2. The van der Waals surface area contributed by atoms with E-state index in [4.69, 9.17) is 9.47 Å². The fraction of sp³-hybridized carbons (Fsp3) is 0.500. The Morgan fingerprint density at radius 1 is 0.941 bits per heavy atom. The third-order valence-corrected chi connectivity index (χ3v) is 6.63. The number of hydrogen-bond donors (Lipinski definition) is 0. The smallest absolute Gasteiger partial charge is 0.168 e. The van der Waals surface area contributed by atoms with E-state index in [0.29, 0.717) is 0 Å². The molecule has 0 amide bonds. The van der Waals surface area contributed by atoms with E-state index < -0.39 is 0 Å². The molecule has 8 heteroatoms. The van der Waals surface area contributed by atoms with Gasteiger partial charge in [0, 0.05) is 38.4 Å². The van der Waals surface area contributed by atoms with Gasteiger partial charge in [0.15, 0.2) is 17.3 Å². The third kappa shape index (κ3) is 5.67.